The zero-order valence-electron chi connectivity index (χ0n) is 9.24. The van der Waals surface area contributed by atoms with Crippen molar-refractivity contribution in [3.8, 4) is 0 Å². The topological polar surface area (TPSA) is 51.2 Å². The summed E-state index contributed by atoms with van der Waals surface area (Å²) < 4.78 is 35.7. The Labute approximate surface area is 108 Å². The highest BCUT2D eigenvalue weighted by molar-refractivity contribution is 9.10. The van der Waals surface area contributed by atoms with Crippen molar-refractivity contribution in [3.63, 3.8) is 0 Å². The van der Waals surface area contributed by atoms with E-state index in [0.29, 0.717) is 4.47 Å². The van der Waals surface area contributed by atoms with Crippen LogP contribution in [0.3, 0.4) is 0 Å². The number of carbonyl (C=O) groups excluding carboxylic acids is 1. The van der Waals surface area contributed by atoms with Crippen LogP contribution in [0.5, 0.6) is 0 Å². The van der Waals surface area contributed by atoms with Crippen molar-refractivity contribution in [2.45, 2.75) is 12.8 Å². The van der Waals surface area contributed by atoms with E-state index in [0.717, 1.165) is 6.26 Å². The Hall–Kier alpha value is -0.750. The lowest BCUT2D eigenvalue weighted by molar-refractivity contribution is 0.0978. The fourth-order valence-corrected chi connectivity index (χ4v) is 2.37. The molecule has 3 nitrogen and oxygen atoms in total. The number of hydrogen-bond donors (Lipinski definition) is 0. The molecule has 0 N–H and O–H groups in total. The molecule has 0 saturated heterocycles. The first-order chi connectivity index (χ1) is 7.79. The molecule has 17 heavy (non-hydrogen) atoms. The van der Waals surface area contributed by atoms with Gasteiger partial charge in [0.2, 0.25) is 0 Å². The highest BCUT2D eigenvalue weighted by Crippen LogP contribution is 2.17. The largest absolute Gasteiger partial charge is 0.294 e. The Bertz CT molecular complexity index is 526. The normalized spacial score (nSPS) is 11.5. The average molecular weight is 323 g/mol. The van der Waals surface area contributed by atoms with Crippen molar-refractivity contribution in [3.05, 3.63) is 34.1 Å². The van der Waals surface area contributed by atoms with Crippen LogP contribution in [0.2, 0.25) is 0 Å². The molecular formula is C11H12BrFO3S. The first-order valence-electron chi connectivity index (χ1n) is 4.95. The summed E-state index contributed by atoms with van der Waals surface area (Å²) in [5.41, 5.74) is -0.00660. The predicted octanol–water partition coefficient (Wildman–Crippen LogP) is 2.60. The number of hydrogen-bond acceptors (Lipinski definition) is 3. The molecule has 0 heterocycles. The van der Waals surface area contributed by atoms with E-state index in [4.69, 9.17) is 0 Å². The lowest BCUT2D eigenvalue weighted by atomic mass is 10.1. The molecule has 1 aromatic rings. The van der Waals surface area contributed by atoms with Crippen LogP contribution in [0.1, 0.15) is 23.2 Å². The monoisotopic (exact) mass is 322 g/mol. The van der Waals surface area contributed by atoms with Gasteiger partial charge in [0, 0.05) is 17.1 Å². The van der Waals surface area contributed by atoms with Crippen LogP contribution in [-0.2, 0) is 9.84 Å². The maximum atomic E-state index is 13.3. The van der Waals surface area contributed by atoms with E-state index >= 15 is 0 Å². The summed E-state index contributed by atoms with van der Waals surface area (Å²) in [6, 6.07) is 4.11. The molecule has 0 spiro atoms. The lowest BCUT2D eigenvalue weighted by Gasteiger charge is -2.03. The Morgan fingerprint density at radius 3 is 2.65 bits per heavy atom. The molecule has 94 valence electrons. The van der Waals surface area contributed by atoms with Crippen LogP contribution in [0.4, 0.5) is 4.39 Å². The molecule has 0 fully saturated rings. The smallest absolute Gasteiger partial charge is 0.165 e. The molecule has 0 aliphatic rings. The first-order valence-corrected chi connectivity index (χ1v) is 7.81. The van der Waals surface area contributed by atoms with Crippen LogP contribution in [0.25, 0.3) is 0 Å². The van der Waals surface area contributed by atoms with Gasteiger partial charge in [-0.05, 0) is 24.6 Å². The van der Waals surface area contributed by atoms with Gasteiger partial charge in [0.25, 0.3) is 0 Å². The molecule has 0 radical (unpaired) electrons. The maximum Gasteiger partial charge on any atom is 0.165 e. The Morgan fingerprint density at radius 1 is 1.41 bits per heavy atom. The summed E-state index contributed by atoms with van der Waals surface area (Å²) in [5, 5.41) is 0. The second-order valence-electron chi connectivity index (χ2n) is 3.78. The van der Waals surface area contributed by atoms with Gasteiger partial charge in [0.15, 0.2) is 5.78 Å². The zero-order chi connectivity index (χ0) is 13.1. The zero-order valence-corrected chi connectivity index (χ0v) is 11.6. The van der Waals surface area contributed by atoms with Crippen molar-refractivity contribution in [2.75, 3.05) is 12.0 Å². The summed E-state index contributed by atoms with van der Waals surface area (Å²) in [6.07, 6.45) is 1.35. The molecule has 0 aliphatic heterocycles. The number of carbonyl (C=O) groups is 1. The predicted molar refractivity (Wildman–Crippen MR) is 67.4 cm³/mol. The fraction of sp³-hybridized carbons (Fsp3) is 0.364. The Morgan fingerprint density at radius 2 is 2.06 bits per heavy atom. The Balaban J connectivity index is 2.67. The van der Waals surface area contributed by atoms with Gasteiger partial charge >= 0.3 is 0 Å². The SMILES string of the molecule is CS(=O)(=O)CCCC(=O)c1cc(Br)ccc1F. The number of Topliss-reactive ketones (excluding diaryl/α,β-unsaturated/α-hetero) is 1. The molecule has 0 aromatic heterocycles. The van der Waals surface area contributed by atoms with Crippen molar-refractivity contribution in [1.82, 2.24) is 0 Å². The number of sulfone groups is 1. The van der Waals surface area contributed by atoms with Crippen LogP contribution in [-0.4, -0.2) is 26.2 Å². The van der Waals surface area contributed by atoms with E-state index in [1.165, 1.54) is 18.2 Å². The summed E-state index contributed by atoms with van der Waals surface area (Å²) in [4.78, 5) is 11.6. The van der Waals surface area contributed by atoms with Gasteiger partial charge in [-0.15, -0.1) is 0 Å². The average Bonchev–Trinajstić information content (AvgIpc) is 2.19. The minimum atomic E-state index is -3.08. The summed E-state index contributed by atoms with van der Waals surface area (Å²) >= 11 is 3.15. The second kappa shape index (κ2) is 5.73. The minimum absolute atomic E-state index is 0.00660. The first kappa shape index (κ1) is 14.3. The highest BCUT2D eigenvalue weighted by Gasteiger charge is 2.13. The van der Waals surface area contributed by atoms with E-state index in [-0.39, 0.29) is 29.9 Å². The third-order valence-electron chi connectivity index (χ3n) is 2.15. The highest BCUT2D eigenvalue weighted by atomic mass is 79.9. The molecule has 0 saturated carbocycles. The molecule has 6 heteroatoms. The number of ketones is 1. The lowest BCUT2D eigenvalue weighted by Crippen LogP contribution is -2.08. The van der Waals surface area contributed by atoms with Gasteiger partial charge in [-0.25, -0.2) is 12.8 Å². The number of benzene rings is 1. The standard InChI is InChI=1S/C11H12BrFO3S/c1-17(15,16)6-2-3-11(14)9-7-8(12)4-5-10(9)13/h4-5,7H,2-3,6H2,1H3. The summed E-state index contributed by atoms with van der Waals surface area (Å²) in [5.74, 6) is -1.03. The number of rotatable bonds is 5. The van der Waals surface area contributed by atoms with Gasteiger partial charge < -0.3 is 0 Å². The molecule has 0 amide bonds. The van der Waals surface area contributed by atoms with Gasteiger partial charge in [-0.1, -0.05) is 15.9 Å². The molecular weight excluding hydrogens is 311 g/mol. The Kier molecular flexibility index (Phi) is 4.82. The van der Waals surface area contributed by atoms with E-state index in [2.05, 4.69) is 15.9 Å². The molecule has 0 atom stereocenters. The van der Waals surface area contributed by atoms with Gasteiger partial charge in [0.05, 0.1) is 11.3 Å². The summed E-state index contributed by atoms with van der Waals surface area (Å²) in [7, 11) is -3.08. The maximum absolute atomic E-state index is 13.3. The van der Waals surface area contributed by atoms with Crippen molar-refractivity contribution < 1.29 is 17.6 Å². The van der Waals surface area contributed by atoms with E-state index in [1.54, 1.807) is 0 Å². The molecule has 1 aromatic carbocycles. The molecule has 0 unspecified atom stereocenters. The molecule has 0 aliphatic carbocycles. The molecule has 0 bridgehead atoms. The van der Waals surface area contributed by atoms with Gasteiger partial charge in [0.1, 0.15) is 15.7 Å². The van der Waals surface area contributed by atoms with Crippen molar-refractivity contribution in [2.24, 2.45) is 0 Å². The van der Waals surface area contributed by atoms with Gasteiger partial charge in [-0.3, -0.25) is 4.79 Å². The van der Waals surface area contributed by atoms with E-state index in [9.17, 15) is 17.6 Å². The molecule has 1 rings (SSSR count). The number of halogens is 2. The third kappa shape index (κ3) is 4.95. The van der Waals surface area contributed by atoms with Gasteiger partial charge in [-0.2, -0.15) is 0 Å². The summed E-state index contributed by atoms with van der Waals surface area (Å²) in [6.45, 7) is 0. The van der Waals surface area contributed by atoms with Crippen LogP contribution >= 0.6 is 15.9 Å². The third-order valence-corrected chi connectivity index (χ3v) is 3.67. The second-order valence-corrected chi connectivity index (χ2v) is 6.96. The van der Waals surface area contributed by atoms with Crippen LogP contribution < -0.4 is 0 Å². The quantitative estimate of drug-likeness (QED) is 0.783. The fourth-order valence-electron chi connectivity index (χ4n) is 1.34. The van der Waals surface area contributed by atoms with E-state index in [1.807, 2.05) is 0 Å². The van der Waals surface area contributed by atoms with Crippen LogP contribution in [0, 0.1) is 5.82 Å². The minimum Gasteiger partial charge on any atom is -0.294 e. The van der Waals surface area contributed by atoms with E-state index < -0.39 is 15.7 Å². The van der Waals surface area contributed by atoms with Crippen molar-refractivity contribution >= 4 is 31.6 Å². The van der Waals surface area contributed by atoms with Crippen LogP contribution in [0.15, 0.2) is 22.7 Å². The van der Waals surface area contributed by atoms with Crippen molar-refractivity contribution in [1.29, 1.82) is 0 Å².